The topological polar surface area (TPSA) is 217 Å². The van der Waals surface area contributed by atoms with Gasteiger partial charge >= 0.3 is 62.8 Å². The Kier molecular flexibility index (Phi) is 23.0. The number of aromatic nitrogens is 6. The summed E-state index contributed by atoms with van der Waals surface area (Å²) in [6, 6.07) is 19.7. The number of halogens is 2. The smallest absolute Gasteiger partial charge is 1.00 e. The Balaban J connectivity index is 0.000000438. The number of aromatic amines is 2. The molecule has 0 unspecified atom stereocenters. The van der Waals surface area contributed by atoms with E-state index in [0.717, 1.165) is 27.3 Å². The fraction of sp³-hybridized carbons (Fsp3) is 0.265. The Labute approximate surface area is 437 Å². The average Bonchev–Trinajstić information content (AvgIpc) is 3.26. The van der Waals surface area contributed by atoms with Crippen LogP contribution in [0.3, 0.4) is 0 Å². The monoisotopic (exact) mass is 942 g/mol. The van der Waals surface area contributed by atoms with Crippen LogP contribution in [-0.2, 0) is 19.5 Å². The molecule has 2 N–H and O–H groups in total. The molecule has 0 bridgehead atoms. The second-order valence-corrected chi connectivity index (χ2v) is 15.6. The molecule has 14 nitrogen and oxygen atoms in total. The number of carbonyl (C=O) groups is 2. The molecule has 0 aliphatic carbocycles. The van der Waals surface area contributed by atoms with Crippen molar-refractivity contribution in [1.82, 2.24) is 29.1 Å². The van der Waals surface area contributed by atoms with Gasteiger partial charge in [-0.2, -0.15) is 19.3 Å². The molecule has 0 saturated heterocycles. The number of nitrogens with one attached hydrogen (secondary N) is 2. The van der Waals surface area contributed by atoms with Crippen LogP contribution in [0, 0.1) is 48.4 Å². The molecule has 340 valence electrons. The van der Waals surface area contributed by atoms with Crippen molar-refractivity contribution in [1.29, 1.82) is 10.5 Å². The first-order chi connectivity index (χ1) is 31.4. The Morgan fingerprint density at radius 1 is 0.706 bits per heavy atom. The zero-order valence-electron chi connectivity index (χ0n) is 39.1. The van der Waals surface area contributed by atoms with Crippen molar-refractivity contribution in [2.24, 2.45) is 0 Å². The first-order valence-corrected chi connectivity index (χ1v) is 20.7. The zero-order valence-corrected chi connectivity index (χ0v) is 42.2. The van der Waals surface area contributed by atoms with Gasteiger partial charge in [0, 0.05) is 47.1 Å². The van der Waals surface area contributed by atoms with Gasteiger partial charge in [0.15, 0.2) is 0 Å². The molecular formula is C49H47B2F2KN8O6. The van der Waals surface area contributed by atoms with Crippen molar-refractivity contribution in [3.63, 3.8) is 0 Å². The number of ketones is 2. The van der Waals surface area contributed by atoms with Gasteiger partial charge in [-0.1, -0.05) is 52.2 Å². The van der Waals surface area contributed by atoms with Crippen LogP contribution in [0.5, 0.6) is 0 Å². The van der Waals surface area contributed by atoms with Gasteiger partial charge in [-0.05, 0) is 115 Å². The van der Waals surface area contributed by atoms with E-state index in [1.807, 2.05) is 19.1 Å². The quantitative estimate of drug-likeness (QED) is 0.0745. The summed E-state index contributed by atoms with van der Waals surface area (Å²) in [5.41, 5.74) is 1.97. The molecule has 6 aromatic rings. The van der Waals surface area contributed by atoms with Gasteiger partial charge in [-0.25, -0.2) is 19.6 Å². The standard InChI is InChI=1S/C24H23FN4O3.C24H21FN4O3.CH3B.B.K/c2*1-14(2)20-21(22(30)18-10-15(3)9-16(11-18)5-4-7-26)29(24(32)28-23(20)31)13-17-6-8-27-19(25)12-17;1-2;;/h6,8-12,14H,4-5,13H2,1-3H3,(H,28,31,32);4-6,8-12,14H,13H2,1-3H3,(H,28,31,32);1H3;;/q;;;-1;+1/b;5-4+;;;. The van der Waals surface area contributed by atoms with Gasteiger partial charge in [0.05, 0.1) is 33.1 Å². The molecule has 0 spiro atoms. The summed E-state index contributed by atoms with van der Waals surface area (Å²) in [6.07, 6.45) is 6.18. The van der Waals surface area contributed by atoms with Gasteiger partial charge in [0.2, 0.25) is 23.5 Å². The fourth-order valence-corrected chi connectivity index (χ4v) is 7.27. The largest absolute Gasteiger partial charge is 1.00 e. The number of nitrogens with zero attached hydrogens (tertiary/aromatic N) is 6. The molecule has 0 aliphatic heterocycles. The predicted octanol–water partition coefficient (Wildman–Crippen LogP) is 3.38. The molecule has 0 aliphatic rings. The number of carbonyl (C=O) groups excluding carboxylic acids is 2. The van der Waals surface area contributed by atoms with Gasteiger partial charge in [-0.15, -0.1) is 0 Å². The van der Waals surface area contributed by atoms with Gasteiger partial charge in [0.1, 0.15) is 11.4 Å². The third kappa shape index (κ3) is 14.9. The van der Waals surface area contributed by atoms with Gasteiger partial charge in [-0.3, -0.25) is 38.3 Å². The summed E-state index contributed by atoms with van der Waals surface area (Å²) in [5.74, 6) is -3.12. The van der Waals surface area contributed by atoms with Crippen LogP contribution in [-0.4, -0.2) is 56.9 Å². The molecule has 0 amide bonds. The molecule has 2 aromatic carbocycles. The van der Waals surface area contributed by atoms with Crippen molar-refractivity contribution in [3.8, 4) is 12.1 Å². The van der Waals surface area contributed by atoms with Crippen molar-refractivity contribution < 1.29 is 69.8 Å². The fourth-order valence-electron chi connectivity index (χ4n) is 7.27. The minimum atomic E-state index is -0.766. The number of allylic oxidation sites excluding steroid dienone is 1. The summed E-state index contributed by atoms with van der Waals surface area (Å²) in [7, 11) is 4.50. The predicted molar refractivity (Wildman–Crippen MR) is 253 cm³/mol. The van der Waals surface area contributed by atoms with Crippen LogP contribution in [0.2, 0.25) is 6.82 Å². The molecule has 4 heterocycles. The number of rotatable bonds is 13. The number of pyridine rings is 2. The summed E-state index contributed by atoms with van der Waals surface area (Å²) >= 11 is 0. The Hall–Kier alpha value is -6.21. The van der Waals surface area contributed by atoms with Gasteiger partial charge in [0.25, 0.3) is 11.1 Å². The average molecular weight is 943 g/mol. The van der Waals surface area contributed by atoms with E-state index in [1.54, 1.807) is 71.0 Å². The van der Waals surface area contributed by atoms with Crippen LogP contribution >= 0.6 is 0 Å². The number of benzene rings is 2. The molecular weight excluding hydrogens is 895 g/mol. The van der Waals surface area contributed by atoms with Crippen molar-refractivity contribution in [2.45, 2.75) is 86.1 Å². The molecule has 0 fully saturated rings. The van der Waals surface area contributed by atoms with Crippen LogP contribution in [0.25, 0.3) is 6.08 Å². The van der Waals surface area contributed by atoms with Crippen LogP contribution < -0.4 is 73.9 Å². The van der Waals surface area contributed by atoms with Crippen LogP contribution in [0.15, 0.2) is 98.3 Å². The Morgan fingerprint density at radius 3 is 1.56 bits per heavy atom. The number of hydrogen-bond acceptors (Lipinski definition) is 10. The molecule has 0 saturated carbocycles. The summed E-state index contributed by atoms with van der Waals surface area (Å²) in [6.45, 7) is 11.9. The summed E-state index contributed by atoms with van der Waals surface area (Å²) < 4.78 is 29.5. The molecule has 68 heavy (non-hydrogen) atoms. The molecule has 4 aromatic heterocycles. The van der Waals surface area contributed by atoms with E-state index in [9.17, 15) is 37.5 Å². The van der Waals surface area contributed by atoms with E-state index in [0.29, 0.717) is 35.1 Å². The van der Waals surface area contributed by atoms with E-state index >= 15 is 0 Å². The maximum atomic E-state index is 13.7. The Bertz CT molecular complexity index is 3150. The van der Waals surface area contributed by atoms with Gasteiger partial charge < -0.3 is 8.41 Å². The number of H-pyrrole nitrogens is 2. The maximum Gasteiger partial charge on any atom is 1.00 e. The number of aryl methyl sites for hydroxylation is 3. The first-order valence-electron chi connectivity index (χ1n) is 20.7. The van der Waals surface area contributed by atoms with Crippen molar-refractivity contribution in [2.75, 3.05) is 0 Å². The zero-order chi connectivity index (χ0) is 48.8. The first kappa shape index (κ1) is 57.9. The van der Waals surface area contributed by atoms with E-state index in [2.05, 4.69) is 33.9 Å². The molecule has 0 atom stereocenters. The van der Waals surface area contributed by atoms with Crippen LogP contribution in [0.4, 0.5) is 8.78 Å². The van der Waals surface area contributed by atoms with E-state index in [1.165, 1.54) is 48.1 Å². The van der Waals surface area contributed by atoms with Crippen molar-refractivity contribution >= 4 is 33.9 Å². The minimum absolute atomic E-state index is 0. The summed E-state index contributed by atoms with van der Waals surface area (Å²) in [5, 5.41) is 17.7. The SMILES string of the molecule is Cc1cc(/C=C/C#N)cc(C(=O)c2c(C(C)C)c(=O)[nH]c(=O)n2Cc2ccnc(F)c2)c1.Cc1cc(CCC#N)cc(C(=O)c2c(C(C)C)c(=O)[nH]c(=O)n2Cc2ccnc(F)c2)c1.[B-].[B]C.[K+]. The number of nitriles is 2. The maximum absolute atomic E-state index is 13.7. The minimum Gasteiger partial charge on any atom is -1.00 e. The van der Waals surface area contributed by atoms with E-state index < -0.39 is 46.0 Å². The van der Waals surface area contributed by atoms with Crippen molar-refractivity contribution in [3.05, 3.63) is 200 Å². The van der Waals surface area contributed by atoms with E-state index in [-0.39, 0.29) is 113 Å². The third-order valence-corrected chi connectivity index (χ3v) is 9.96. The van der Waals surface area contributed by atoms with E-state index in [4.69, 9.17) is 10.5 Å². The summed E-state index contributed by atoms with van der Waals surface area (Å²) in [4.78, 5) is 89.6. The molecule has 6 rings (SSSR count). The second kappa shape index (κ2) is 27.0. The number of hydrogen-bond donors (Lipinski definition) is 2. The third-order valence-electron chi connectivity index (χ3n) is 9.96. The second-order valence-electron chi connectivity index (χ2n) is 15.6. The van der Waals surface area contributed by atoms with Crippen LogP contribution in [0.1, 0.15) is 123 Å². The Morgan fingerprint density at radius 2 is 1.15 bits per heavy atom. The molecule has 19 heteroatoms. The molecule has 6 radical (unpaired) electrons. The normalized spacial score (nSPS) is 10.4.